The molecule has 1 heterocycles. The van der Waals surface area contributed by atoms with Gasteiger partial charge in [0.25, 0.3) is 0 Å². The second-order valence-corrected chi connectivity index (χ2v) is 7.10. The van der Waals surface area contributed by atoms with Crippen molar-refractivity contribution in [2.45, 2.75) is 13.0 Å². The van der Waals surface area contributed by atoms with Crippen molar-refractivity contribution in [1.82, 2.24) is 0 Å². The summed E-state index contributed by atoms with van der Waals surface area (Å²) in [5, 5.41) is 12.5. The fourth-order valence-electron chi connectivity index (χ4n) is 1.57. The van der Waals surface area contributed by atoms with Crippen molar-refractivity contribution in [2.75, 3.05) is 5.32 Å². The molecule has 0 saturated heterocycles. The molecule has 0 aliphatic heterocycles. The molecule has 0 spiro atoms. The van der Waals surface area contributed by atoms with Gasteiger partial charge < -0.3 is 5.32 Å². The van der Waals surface area contributed by atoms with Gasteiger partial charge >= 0.3 is 0 Å². The number of rotatable bonds is 3. The molecule has 5 heteroatoms. The Hall–Kier alpha value is -0.830. The molecular formula is C13H10Br2N2S. The third kappa shape index (κ3) is 3.14. The Morgan fingerprint density at radius 1 is 1.33 bits per heavy atom. The molecule has 0 radical (unpaired) electrons. The van der Waals surface area contributed by atoms with Crippen LogP contribution in [0, 0.1) is 18.3 Å². The van der Waals surface area contributed by atoms with E-state index in [9.17, 15) is 5.26 Å². The maximum absolute atomic E-state index is 9.27. The molecule has 1 aromatic heterocycles. The second-order valence-electron chi connectivity index (χ2n) is 3.85. The molecule has 1 aromatic carbocycles. The number of nitrogens with zero attached hydrogens (tertiary/aromatic N) is 1. The number of halogens is 2. The fourth-order valence-corrected chi connectivity index (χ4v) is 3.66. The van der Waals surface area contributed by atoms with E-state index in [0.717, 1.165) is 18.8 Å². The highest BCUT2D eigenvalue weighted by molar-refractivity contribution is 9.13. The van der Waals surface area contributed by atoms with Crippen LogP contribution in [-0.2, 0) is 0 Å². The van der Waals surface area contributed by atoms with Gasteiger partial charge in [-0.3, -0.25) is 0 Å². The third-order valence-corrected chi connectivity index (χ3v) is 5.73. The van der Waals surface area contributed by atoms with E-state index in [2.05, 4.69) is 43.2 Å². The topological polar surface area (TPSA) is 35.8 Å². The first kappa shape index (κ1) is 13.6. The lowest BCUT2D eigenvalue weighted by atomic mass is 10.2. The van der Waals surface area contributed by atoms with Crippen LogP contribution in [0.3, 0.4) is 0 Å². The van der Waals surface area contributed by atoms with Crippen LogP contribution >= 0.6 is 43.2 Å². The Morgan fingerprint density at radius 3 is 2.67 bits per heavy atom. The zero-order valence-electron chi connectivity index (χ0n) is 9.58. The lowest BCUT2D eigenvalue weighted by Gasteiger charge is -2.11. The number of hydrogen-bond acceptors (Lipinski definition) is 3. The molecule has 1 atom stereocenters. The third-order valence-electron chi connectivity index (χ3n) is 2.41. The van der Waals surface area contributed by atoms with Crippen molar-refractivity contribution >= 4 is 48.9 Å². The monoisotopic (exact) mass is 384 g/mol. The number of thiophene rings is 1. The molecule has 2 nitrogen and oxygen atoms in total. The molecule has 0 saturated carbocycles. The number of aryl methyl sites for hydroxylation is 1. The van der Waals surface area contributed by atoms with Crippen molar-refractivity contribution in [2.24, 2.45) is 0 Å². The molecule has 2 rings (SSSR count). The van der Waals surface area contributed by atoms with Gasteiger partial charge in [0, 0.05) is 15.0 Å². The average Bonchev–Trinajstić information content (AvgIpc) is 2.66. The van der Waals surface area contributed by atoms with E-state index in [0.29, 0.717) is 0 Å². The second kappa shape index (κ2) is 5.87. The first-order valence-corrected chi connectivity index (χ1v) is 7.68. The highest BCUT2D eigenvalue weighted by Gasteiger charge is 2.15. The Labute approximate surface area is 127 Å². The highest BCUT2D eigenvalue weighted by Crippen LogP contribution is 2.36. The summed E-state index contributed by atoms with van der Waals surface area (Å²) in [6.07, 6.45) is 0. The molecule has 0 aliphatic carbocycles. The standard InChI is InChI=1S/C13H10Br2N2S/c1-8-3-2-4-9(5-8)17-11(7-16)12-6-10(14)13(15)18-12/h2-6,11,17H,1H3. The van der Waals surface area contributed by atoms with E-state index in [4.69, 9.17) is 0 Å². The molecule has 0 aliphatic rings. The van der Waals surface area contributed by atoms with E-state index in [1.165, 1.54) is 5.56 Å². The SMILES string of the molecule is Cc1cccc(NC(C#N)c2cc(Br)c(Br)s2)c1. The molecule has 0 fully saturated rings. The largest absolute Gasteiger partial charge is 0.366 e. The van der Waals surface area contributed by atoms with Crippen molar-refractivity contribution in [3.8, 4) is 6.07 Å². The van der Waals surface area contributed by atoms with Crippen LogP contribution in [0.15, 0.2) is 38.6 Å². The van der Waals surface area contributed by atoms with Crippen LogP contribution in [-0.4, -0.2) is 0 Å². The zero-order chi connectivity index (χ0) is 13.1. The average molecular weight is 386 g/mol. The Balaban J connectivity index is 2.23. The van der Waals surface area contributed by atoms with Crippen molar-refractivity contribution < 1.29 is 0 Å². The lowest BCUT2D eigenvalue weighted by Crippen LogP contribution is -2.06. The van der Waals surface area contributed by atoms with Crippen molar-refractivity contribution in [3.63, 3.8) is 0 Å². The molecule has 1 N–H and O–H groups in total. The van der Waals surface area contributed by atoms with Gasteiger partial charge in [-0.2, -0.15) is 5.26 Å². The Morgan fingerprint density at radius 2 is 2.11 bits per heavy atom. The van der Waals surface area contributed by atoms with Crippen LogP contribution in [0.4, 0.5) is 5.69 Å². The van der Waals surface area contributed by atoms with E-state index in [1.54, 1.807) is 11.3 Å². The molecule has 18 heavy (non-hydrogen) atoms. The Bertz CT molecular complexity index is 582. The van der Waals surface area contributed by atoms with E-state index < -0.39 is 0 Å². The van der Waals surface area contributed by atoms with Crippen molar-refractivity contribution in [3.05, 3.63) is 49.0 Å². The van der Waals surface area contributed by atoms with Crippen LogP contribution in [0.2, 0.25) is 0 Å². The smallest absolute Gasteiger partial charge is 0.149 e. The fraction of sp³-hybridized carbons (Fsp3) is 0.154. The lowest BCUT2D eigenvalue weighted by molar-refractivity contribution is 1.03. The number of hydrogen-bond donors (Lipinski definition) is 1. The first-order chi connectivity index (χ1) is 8.60. The summed E-state index contributed by atoms with van der Waals surface area (Å²) in [7, 11) is 0. The predicted molar refractivity (Wildman–Crippen MR) is 82.9 cm³/mol. The minimum Gasteiger partial charge on any atom is -0.366 e. The van der Waals surface area contributed by atoms with Gasteiger partial charge in [0.05, 0.1) is 9.86 Å². The zero-order valence-corrected chi connectivity index (χ0v) is 13.6. The molecule has 0 amide bonds. The van der Waals surface area contributed by atoms with Gasteiger partial charge in [-0.05, 0) is 62.5 Å². The maximum atomic E-state index is 9.27. The molecule has 2 aromatic rings. The van der Waals surface area contributed by atoms with Gasteiger partial charge in [-0.15, -0.1) is 11.3 Å². The number of anilines is 1. The highest BCUT2D eigenvalue weighted by atomic mass is 79.9. The summed E-state index contributed by atoms with van der Waals surface area (Å²) in [5.41, 5.74) is 2.13. The summed E-state index contributed by atoms with van der Waals surface area (Å²) < 4.78 is 1.98. The van der Waals surface area contributed by atoms with E-state index >= 15 is 0 Å². The van der Waals surface area contributed by atoms with Crippen LogP contribution in [0.5, 0.6) is 0 Å². The number of benzene rings is 1. The predicted octanol–water partition coefficient (Wildman–Crippen LogP) is 5.26. The minimum atomic E-state index is -0.334. The van der Waals surface area contributed by atoms with Gasteiger partial charge in [0.1, 0.15) is 6.04 Å². The normalized spacial score (nSPS) is 11.9. The molecular weight excluding hydrogens is 376 g/mol. The van der Waals surface area contributed by atoms with Crippen LogP contribution in [0.1, 0.15) is 16.5 Å². The number of nitriles is 1. The number of nitrogens with one attached hydrogen (secondary N) is 1. The van der Waals surface area contributed by atoms with Gasteiger partial charge in [-0.25, -0.2) is 0 Å². The first-order valence-electron chi connectivity index (χ1n) is 5.27. The van der Waals surface area contributed by atoms with Gasteiger partial charge in [0.15, 0.2) is 0 Å². The Kier molecular flexibility index (Phi) is 4.44. The van der Waals surface area contributed by atoms with E-state index in [1.807, 2.05) is 37.3 Å². The molecule has 0 bridgehead atoms. The van der Waals surface area contributed by atoms with Crippen molar-refractivity contribution in [1.29, 1.82) is 5.26 Å². The quantitative estimate of drug-likeness (QED) is 0.782. The van der Waals surface area contributed by atoms with Gasteiger partial charge in [0.2, 0.25) is 0 Å². The summed E-state index contributed by atoms with van der Waals surface area (Å²) in [4.78, 5) is 0.984. The molecule has 92 valence electrons. The van der Waals surface area contributed by atoms with Crippen LogP contribution in [0.25, 0.3) is 0 Å². The summed E-state index contributed by atoms with van der Waals surface area (Å²) >= 11 is 8.44. The van der Waals surface area contributed by atoms with Crippen LogP contribution < -0.4 is 5.32 Å². The summed E-state index contributed by atoms with van der Waals surface area (Å²) in [6, 6.07) is 11.9. The van der Waals surface area contributed by atoms with E-state index in [-0.39, 0.29) is 6.04 Å². The summed E-state index contributed by atoms with van der Waals surface area (Å²) in [5.74, 6) is 0. The van der Waals surface area contributed by atoms with Gasteiger partial charge in [-0.1, -0.05) is 12.1 Å². The minimum absolute atomic E-state index is 0.334. The summed E-state index contributed by atoms with van der Waals surface area (Å²) in [6.45, 7) is 2.03. The molecule has 1 unspecified atom stereocenters. The maximum Gasteiger partial charge on any atom is 0.149 e.